The third-order valence-electron chi connectivity index (χ3n) is 2.25. The van der Waals surface area contributed by atoms with E-state index in [9.17, 15) is 0 Å². The van der Waals surface area contributed by atoms with E-state index in [2.05, 4.69) is 20.2 Å². The van der Waals surface area contributed by atoms with Crippen LogP contribution in [0.25, 0.3) is 22.4 Å². The smallest absolute Gasteiger partial charge is 0.183 e. The topological polar surface area (TPSA) is 57.4 Å². The maximum Gasteiger partial charge on any atom is 0.183 e. The molecule has 0 aliphatic heterocycles. The second-order valence-corrected chi connectivity index (χ2v) is 3.57. The van der Waals surface area contributed by atoms with Gasteiger partial charge in [0.25, 0.3) is 0 Å². The highest BCUT2D eigenvalue weighted by molar-refractivity contribution is 6.29. The van der Waals surface area contributed by atoms with Gasteiger partial charge in [-0.05, 0) is 24.3 Å². The Morgan fingerprint density at radius 3 is 2.93 bits per heavy atom. The highest BCUT2D eigenvalue weighted by atomic mass is 35.5. The van der Waals surface area contributed by atoms with Crippen molar-refractivity contribution in [3.63, 3.8) is 0 Å². The fraction of sp³-hybridized carbons (Fsp3) is 0. The standard InChI is InChI=1S/C10H7ClN4/c11-8-4-3-6-9(7-2-1-5-12-7)14-15-10(6)13-8/h1-5,12H,(H,13,14,15). The Kier molecular flexibility index (Phi) is 1.76. The highest BCUT2D eigenvalue weighted by Crippen LogP contribution is 2.24. The van der Waals surface area contributed by atoms with Crippen LogP contribution in [0.1, 0.15) is 0 Å². The summed E-state index contributed by atoms with van der Waals surface area (Å²) < 4.78 is 0. The largest absolute Gasteiger partial charge is 0.360 e. The van der Waals surface area contributed by atoms with E-state index in [-0.39, 0.29) is 0 Å². The summed E-state index contributed by atoms with van der Waals surface area (Å²) in [6, 6.07) is 7.57. The van der Waals surface area contributed by atoms with Gasteiger partial charge >= 0.3 is 0 Å². The van der Waals surface area contributed by atoms with Crippen LogP contribution in [0.2, 0.25) is 5.15 Å². The molecule has 0 atom stereocenters. The molecular weight excluding hydrogens is 212 g/mol. The van der Waals surface area contributed by atoms with Gasteiger partial charge < -0.3 is 4.98 Å². The highest BCUT2D eigenvalue weighted by Gasteiger charge is 2.08. The Hall–Kier alpha value is -1.81. The SMILES string of the molecule is Clc1ccc2c(-c3ccc[nH]3)[nH]nc2n1. The average molecular weight is 219 g/mol. The second-order valence-electron chi connectivity index (χ2n) is 3.19. The van der Waals surface area contributed by atoms with E-state index in [4.69, 9.17) is 11.6 Å². The van der Waals surface area contributed by atoms with Crippen LogP contribution in [0.3, 0.4) is 0 Å². The number of hydrogen-bond acceptors (Lipinski definition) is 2. The number of nitrogens with zero attached hydrogens (tertiary/aromatic N) is 2. The first-order valence-electron chi connectivity index (χ1n) is 4.49. The van der Waals surface area contributed by atoms with Crippen molar-refractivity contribution in [2.75, 3.05) is 0 Å². The molecule has 0 saturated heterocycles. The van der Waals surface area contributed by atoms with E-state index in [0.717, 1.165) is 16.8 Å². The summed E-state index contributed by atoms with van der Waals surface area (Å²) in [7, 11) is 0. The van der Waals surface area contributed by atoms with Crippen molar-refractivity contribution in [2.45, 2.75) is 0 Å². The number of aromatic amines is 2. The van der Waals surface area contributed by atoms with Crippen molar-refractivity contribution < 1.29 is 0 Å². The van der Waals surface area contributed by atoms with E-state index < -0.39 is 0 Å². The molecule has 3 heterocycles. The molecule has 0 amide bonds. The summed E-state index contributed by atoms with van der Waals surface area (Å²) >= 11 is 5.78. The fourth-order valence-corrected chi connectivity index (χ4v) is 1.71. The molecule has 0 aliphatic rings. The molecule has 15 heavy (non-hydrogen) atoms. The first-order valence-corrected chi connectivity index (χ1v) is 4.87. The molecule has 0 radical (unpaired) electrons. The minimum Gasteiger partial charge on any atom is -0.360 e. The molecule has 3 aromatic rings. The molecule has 0 fully saturated rings. The number of pyridine rings is 1. The molecule has 2 N–H and O–H groups in total. The van der Waals surface area contributed by atoms with Crippen molar-refractivity contribution in [3.8, 4) is 11.4 Å². The second kappa shape index (κ2) is 3.10. The average Bonchev–Trinajstić information content (AvgIpc) is 2.82. The Labute approximate surface area is 90.3 Å². The minimum atomic E-state index is 0.451. The maximum absolute atomic E-state index is 5.78. The lowest BCUT2D eigenvalue weighted by molar-refractivity contribution is 1.10. The van der Waals surface area contributed by atoms with Gasteiger partial charge in [-0.1, -0.05) is 11.6 Å². The van der Waals surface area contributed by atoms with E-state index in [0.29, 0.717) is 10.8 Å². The normalized spacial score (nSPS) is 11.0. The molecule has 0 saturated carbocycles. The van der Waals surface area contributed by atoms with Crippen LogP contribution in [0.5, 0.6) is 0 Å². The van der Waals surface area contributed by atoms with Gasteiger partial charge in [0.15, 0.2) is 5.65 Å². The van der Waals surface area contributed by atoms with Gasteiger partial charge in [-0.3, -0.25) is 5.10 Å². The summed E-state index contributed by atoms with van der Waals surface area (Å²) in [4.78, 5) is 7.23. The molecule has 0 spiro atoms. The molecule has 0 aliphatic carbocycles. The lowest BCUT2D eigenvalue weighted by atomic mass is 10.2. The van der Waals surface area contributed by atoms with Gasteiger partial charge in [0.2, 0.25) is 0 Å². The summed E-state index contributed by atoms with van der Waals surface area (Å²) in [5.41, 5.74) is 2.55. The molecule has 0 bridgehead atoms. The quantitative estimate of drug-likeness (QED) is 0.617. The minimum absolute atomic E-state index is 0.451. The molecule has 5 heteroatoms. The Balaban J connectivity index is 2.29. The molecule has 3 aromatic heterocycles. The number of halogens is 1. The van der Waals surface area contributed by atoms with Crippen LogP contribution >= 0.6 is 11.6 Å². The van der Waals surface area contributed by atoms with Crippen LogP contribution in [-0.4, -0.2) is 20.2 Å². The molecule has 0 aromatic carbocycles. The van der Waals surface area contributed by atoms with Crippen molar-refractivity contribution >= 4 is 22.6 Å². The van der Waals surface area contributed by atoms with E-state index >= 15 is 0 Å². The number of rotatable bonds is 1. The van der Waals surface area contributed by atoms with Crippen LogP contribution in [0.15, 0.2) is 30.5 Å². The predicted octanol–water partition coefficient (Wildman–Crippen LogP) is 2.61. The van der Waals surface area contributed by atoms with Crippen LogP contribution in [0.4, 0.5) is 0 Å². The van der Waals surface area contributed by atoms with Gasteiger partial charge in [-0.2, -0.15) is 5.10 Å². The summed E-state index contributed by atoms with van der Waals surface area (Å²) in [5.74, 6) is 0. The van der Waals surface area contributed by atoms with Gasteiger partial charge in [-0.25, -0.2) is 4.98 Å². The third-order valence-corrected chi connectivity index (χ3v) is 2.46. The lowest BCUT2D eigenvalue weighted by Gasteiger charge is -1.93. The Bertz CT molecular complexity index is 597. The Morgan fingerprint density at radius 1 is 1.20 bits per heavy atom. The molecule has 4 nitrogen and oxygen atoms in total. The van der Waals surface area contributed by atoms with Crippen LogP contribution in [0, 0.1) is 0 Å². The van der Waals surface area contributed by atoms with E-state index in [1.807, 2.05) is 24.4 Å². The zero-order valence-electron chi connectivity index (χ0n) is 7.66. The van der Waals surface area contributed by atoms with Crippen molar-refractivity contribution in [3.05, 3.63) is 35.6 Å². The van der Waals surface area contributed by atoms with Gasteiger partial charge in [0, 0.05) is 11.6 Å². The number of nitrogens with one attached hydrogen (secondary N) is 2. The number of H-pyrrole nitrogens is 2. The zero-order valence-corrected chi connectivity index (χ0v) is 8.42. The summed E-state index contributed by atoms with van der Waals surface area (Å²) in [6.45, 7) is 0. The first kappa shape index (κ1) is 8.49. The number of hydrogen-bond donors (Lipinski definition) is 2. The molecule has 74 valence electrons. The lowest BCUT2D eigenvalue weighted by Crippen LogP contribution is -1.78. The van der Waals surface area contributed by atoms with Crippen molar-refractivity contribution in [2.24, 2.45) is 0 Å². The van der Waals surface area contributed by atoms with Crippen molar-refractivity contribution in [1.82, 2.24) is 20.2 Å². The molecule has 0 unspecified atom stereocenters. The van der Waals surface area contributed by atoms with E-state index in [1.54, 1.807) is 6.07 Å². The third kappa shape index (κ3) is 1.30. The summed E-state index contributed by atoms with van der Waals surface area (Å²) in [6.07, 6.45) is 1.87. The first-order chi connectivity index (χ1) is 7.34. The van der Waals surface area contributed by atoms with Gasteiger partial charge in [-0.15, -0.1) is 0 Å². The van der Waals surface area contributed by atoms with Gasteiger partial charge in [0.05, 0.1) is 11.4 Å². The van der Waals surface area contributed by atoms with Crippen LogP contribution in [-0.2, 0) is 0 Å². The van der Waals surface area contributed by atoms with Crippen LogP contribution < -0.4 is 0 Å². The Morgan fingerprint density at radius 2 is 2.13 bits per heavy atom. The monoisotopic (exact) mass is 218 g/mol. The zero-order chi connectivity index (χ0) is 10.3. The van der Waals surface area contributed by atoms with Crippen molar-refractivity contribution in [1.29, 1.82) is 0 Å². The predicted molar refractivity (Wildman–Crippen MR) is 58.7 cm³/mol. The maximum atomic E-state index is 5.78. The number of aromatic nitrogens is 4. The van der Waals surface area contributed by atoms with E-state index in [1.165, 1.54) is 0 Å². The molecule has 3 rings (SSSR count). The van der Waals surface area contributed by atoms with Gasteiger partial charge in [0.1, 0.15) is 5.15 Å². The summed E-state index contributed by atoms with van der Waals surface area (Å²) in [5, 5.41) is 8.45. The molecular formula is C10H7ClN4. The number of fused-ring (bicyclic) bond motifs is 1. The fourth-order valence-electron chi connectivity index (χ4n) is 1.57.